The van der Waals surface area contributed by atoms with E-state index < -0.39 is 0 Å². The van der Waals surface area contributed by atoms with Crippen molar-refractivity contribution in [3.05, 3.63) is 23.3 Å². The standard InChI is InChI=1S/C23H30O2S/c1-22-10-9-20-18(19(22)6-7-21(22)25)5-2-15-14-16(24)8-11-23(15,20)12-13-26-17-3-4-17/h9,14,17-19H,2-8,10-13H2,1H3/t18-,19-,22-,23+/m0/s1. The van der Waals surface area contributed by atoms with Gasteiger partial charge in [-0.1, -0.05) is 24.1 Å². The molecule has 140 valence electrons. The van der Waals surface area contributed by atoms with Crippen LogP contribution in [0.3, 0.4) is 0 Å². The van der Waals surface area contributed by atoms with Crippen molar-refractivity contribution in [3.8, 4) is 0 Å². The smallest absolute Gasteiger partial charge is 0.155 e. The topological polar surface area (TPSA) is 34.1 Å². The van der Waals surface area contributed by atoms with E-state index in [1.54, 1.807) is 5.57 Å². The number of allylic oxidation sites excluding steroid dienone is 4. The lowest BCUT2D eigenvalue weighted by atomic mass is 9.50. The Kier molecular flexibility index (Phi) is 4.05. The van der Waals surface area contributed by atoms with Gasteiger partial charge in [0.05, 0.1) is 0 Å². The molecule has 0 bridgehead atoms. The summed E-state index contributed by atoms with van der Waals surface area (Å²) in [4.78, 5) is 24.7. The van der Waals surface area contributed by atoms with Crippen LogP contribution in [0.1, 0.15) is 71.1 Å². The number of carbonyl (C=O) groups is 2. The number of Topliss-reactive ketones (excluding diaryl/α,β-unsaturated/α-hetero) is 1. The molecule has 5 rings (SSSR count). The van der Waals surface area contributed by atoms with Crippen molar-refractivity contribution < 1.29 is 9.59 Å². The van der Waals surface area contributed by atoms with E-state index in [0.717, 1.165) is 43.8 Å². The number of carbonyl (C=O) groups excluding carboxylic acids is 2. The summed E-state index contributed by atoms with van der Waals surface area (Å²) in [5.41, 5.74) is 3.10. The molecule has 0 saturated heterocycles. The molecule has 0 amide bonds. The summed E-state index contributed by atoms with van der Waals surface area (Å²) in [6, 6.07) is 0. The summed E-state index contributed by atoms with van der Waals surface area (Å²) in [6.45, 7) is 2.23. The third-order valence-corrected chi connectivity index (χ3v) is 9.58. The molecule has 0 N–H and O–H groups in total. The van der Waals surface area contributed by atoms with Gasteiger partial charge in [0.15, 0.2) is 5.78 Å². The monoisotopic (exact) mass is 370 g/mol. The van der Waals surface area contributed by atoms with Crippen LogP contribution in [0, 0.1) is 22.7 Å². The number of ketones is 2. The normalized spacial score (nSPS) is 41.9. The first-order valence-corrected chi connectivity index (χ1v) is 11.7. The zero-order chi connectivity index (χ0) is 17.9. The van der Waals surface area contributed by atoms with Gasteiger partial charge in [-0.15, -0.1) is 0 Å². The molecule has 0 aliphatic heterocycles. The maximum Gasteiger partial charge on any atom is 0.155 e. The van der Waals surface area contributed by atoms with Crippen LogP contribution < -0.4 is 0 Å². The van der Waals surface area contributed by atoms with Crippen molar-refractivity contribution in [1.29, 1.82) is 0 Å². The third kappa shape index (κ3) is 2.52. The minimum atomic E-state index is -0.107. The van der Waals surface area contributed by atoms with Gasteiger partial charge in [-0.2, -0.15) is 11.8 Å². The van der Waals surface area contributed by atoms with Gasteiger partial charge < -0.3 is 0 Å². The van der Waals surface area contributed by atoms with E-state index in [1.807, 2.05) is 6.08 Å². The Morgan fingerprint density at radius 3 is 2.77 bits per heavy atom. The lowest BCUT2D eigenvalue weighted by molar-refractivity contribution is -0.127. The van der Waals surface area contributed by atoms with Crippen LogP contribution in [0.2, 0.25) is 0 Å². The Balaban J connectivity index is 1.50. The number of hydrogen-bond acceptors (Lipinski definition) is 3. The van der Waals surface area contributed by atoms with Crippen LogP contribution in [0.4, 0.5) is 0 Å². The highest BCUT2D eigenvalue weighted by molar-refractivity contribution is 8.00. The highest BCUT2D eigenvalue weighted by Crippen LogP contribution is 2.63. The Morgan fingerprint density at radius 2 is 1.96 bits per heavy atom. The van der Waals surface area contributed by atoms with Gasteiger partial charge in [-0.05, 0) is 75.0 Å². The van der Waals surface area contributed by atoms with Crippen LogP contribution in [-0.2, 0) is 9.59 Å². The quantitative estimate of drug-likeness (QED) is 0.632. The fourth-order valence-electron chi connectivity index (χ4n) is 6.52. The van der Waals surface area contributed by atoms with E-state index in [4.69, 9.17) is 0 Å². The van der Waals surface area contributed by atoms with Gasteiger partial charge in [0.2, 0.25) is 0 Å². The molecule has 3 saturated carbocycles. The van der Waals surface area contributed by atoms with Crippen molar-refractivity contribution in [2.24, 2.45) is 22.7 Å². The molecular weight excluding hydrogens is 340 g/mol. The molecule has 26 heavy (non-hydrogen) atoms. The van der Waals surface area contributed by atoms with Gasteiger partial charge in [0.1, 0.15) is 5.78 Å². The van der Waals surface area contributed by atoms with E-state index in [1.165, 1.54) is 30.6 Å². The Hall–Kier alpha value is -0.830. The van der Waals surface area contributed by atoms with Gasteiger partial charge in [-0.25, -0.2) is 0 Å². The lowest BCUT2D eigenvalue weighted by Gasteiger charge is -2.53. The predicted octanol–water partition coefficient (Wildman–Crippen LogP) is 5.27. The van der Waals surface area contributed by atoms with E-state index in [9.17, 15) is 9.59 Å². The fraction of sp³-hybridized carbons (Fsp3) is 0.739. The third-order valence-electron chi connectivity index (χ3n) is 8.20. The summed E-state index contributed by atoms with van der Waals surface area (Å²) >= 11 is 2.15. The molecule has 5 aliphatic carbocycles. The molecule has 0 aromatic heterocycles. The van der Waals surface area contributed by atoms with Crippen LogP contribution in [0.15, 0.2) is 23.3 Å². The average molecular weight is 371 g/mol. The molecule has 3 heteroatoms. The van der Waals surface area contributed by atoms with Crippen molar-refractivity contribution in [1.82, 2.24) is 0 Å². The Morgan fingerprint density at radius 1 is 1.12 bits per heavy atom. The second-order valence-corrected chi connectivity index (χ2v) is 10.9. The van der Waals surface area contributed by atoms with Crippen LogP contribution in [-0.4, -0.2) is 22.6 Å². The second-order valence-electron chi connectivity index (χ2n) is 9.53. The van der Waals surface area contributed by atoms with Gasteiger partial charge >= 0.3 is 0 Å². The van der Waals surface area contributed by atoms with Crippen molar-refractivity contribution >= 4 is 23.3 Å². The van der Waals surface area contributed by atoms with Crippen molar-refractivity contribution in [2.75, 3.05) is 5.75 Å². The summed E-state index contributed by atoms with van der Waals surface area (Å²) in [6.07, 6.45) is 15.2. The summed E-state index contributed by atoms with van der Waals surface area (Å²) in [5, 5.41) is 0.902. The molecule has 0 spiro atoms. The van der Waals surface area contributed by atoms with E-state index >= 15 is 0 Å². The van der Waals surface area contributed by atoms with E-state index in [2.05, 4.69) is 24.8 Å². The van der Waals surface area contributed by atoms with Crippen LogP contribution in [0.25, 0.3) is 0 Å². The number of thioether (sulfide) groups is 1. The lowest BCUT2D eigenvalue weighted by Crippen LogP contribution is -2.46. The predicted molar refractivity (Wildman–Crippen MR) is 106 cm³/mol. The molecule has 2 nitrogen and oxygen atoms in total. The Bertz CT molecular complexity index is 716. The Labute approximate surface area is 161 Å². The molecule has 5 aliphatic rings. The summed E-state index contributed by atoms with van der Waals surface area (Å²) in [7, 11) is 0. The van der Waals surface area contributed by atoms with E-state index in [0.29, 0.717) is 29.8 Å². The molecule has 0 unspecified atom stereocenters. The second kappa shape index (κ2) is 6.09. The summed E-state index contributed by atoms with van der Waals surface area (Å²) in [5.74, 6) is 3.18. The van der Waals surface area contributed by atoms with Crippen LogP contribution in [0.5, 0.6) is 0 Å². The molecule has 0 aromatic rings. The van der Waals surface area contributed by atoms with Crippen LogP contribution >= 0.6 is 11.8 Å². The van der Waals surface area contributed by atoms with Gasteiger partial charge in [-0.3, -0.25) is 9.59 Å². The fourth-order valence-corrected chi connectivity index (χ4v) is 7.79. The first-order chi connectivity index (χ1) is 12.5. The minimum Gasteiger partial charge on any atom is -0.299 e. The van der Waals surface area contributed by atoms with Gasteiger partial charge in [0, 0.05) is 28.9 Å². The average Bonchev–Trinajstić information content (AvgIpc) is 3.39. The molecule has 0 radical (unpaired) electrons. The van der Waals surface area contributed by atoms with Gasteiger partial charge in [0.25, 0.3) is 0 Å². The molecule has 3 fully saturated rings. The molecule has 0 heterocycles. The molecule has 4 atom stereocenters. The molecule has 0 aromatic carbocycles. The SMILES string of the molecule is C[C@]12CC=C3[C@@H](CCC4=CC(=O)CC[C@@]43CCSC3CC3)[C@@H]1CCC2=O. The zero-order valence-electron chi connectivity index (χ0n) is 15.9. The first-order valence-electron chi connectivity index (χ1n) is 10.6. The van der Waals surface area contributed by atoms with Crippen molar-refractivity contribution in [3.63, 3.8) is 0 Å². The number of hydrogen-bond donors (Lipinski definition) is 0. The molecular formula is C23H30O2S. The minimum absolute atomic E-state index is 0.107. The number of fused-ring (bicyclic) bond motifs is 5. The highest BCUT2D eigenvalue weighted by atomic mass is 32.2. The largest absolute Gasteiger partial charge is 0.299 e. The maximum absolute atomic E-state index is 12.6. The number of rotatable bonds is 4. The summed E-state index contributed by atoms with van der Waals surface area (Å²) < 4.78 is 0. The first kappa shape index (κ1) is 17.3. The zero-order valence-corrected chi connectivity index (χ0v) is 16.7. The van der Waals surface area contributed by atoms with E-state index in [-0.39, 0.29) is 10.8 Å². The highest BCUT2D eigenvalue weighted by Gasteiger charge is 2.56. The maximum atomic E-state index is 12.6. The van der Waals surface area contributed by atoms with Crippen molar-refractivity contribution in [2.45, 2.75) is 76.4 Å².